The SMILES string of the molecule is CC12C(=O)OC(Cc3ccc(C#N)cc3F)C1=NC(N)=NC2c1ccco1. The number of ether oxygens (including phenoxy) is 1. The fraction of sp³-hybridized carbons (Fsp3) is 0.263. The number of aliphatic imine (C=N–C) groups is 2. The molecule has 2 N–H and O–H groups in total. The smallest absolute Gasteiger partial charge is 0.321 e. The summed E-state index contributed by atoms with van der Waals surface area (Å²) >= 11 is 0. The van der Waals surface area contributed by atoms with Crippen LogP contribution in [0.1, 0.15) is 29.9 Å². The molecule has 3 heterocycles. The monoisotopic (exact) mass is 366 g/mol. The number of nitriles is 1. The molecule has 3 unspecified atom stereocenters. The molecule has 0 radical (unpaired) electrons. The van der Waals surface area contributed by atoms with Gasteiger partial charge in [-0.1, -0.05) is 6.07 Å². The van der Waals surface area contributed by atoms with Crippen molar-refractivity contribution in [2.75, 3.05) is 0 Å². The van der Waals surface area contributed by atoms with Crippen molar-refractivity contribution in [2.24, 2.45) is 21.1 Å². The molecule has 1 aromatic carbocycles. The summed E-state index contributed by atoms with van der Waals surface area (Å²) in [5.74, 6) is -0.584. The summed E-state index contributed by atoms with van der Waals surface area (Å²) in [6.07, 6.45) is 0.784. The van der Waals surface area contributed by atoms with Crippen LogP contribution in [-0.2, 0) is 16.0 Å². The van der Waals surface area contributed by atoms with Crippen LogP contribution in [0.25, 0.3) is 0 Å². The molecule has 0 aliphatic carbocycles. The molecule has 2 aliphatic rings. The third-order valence-corrected chi connectivity index (χ3v) is 4.95. The molecular weight excluding hydrogens is 351 g/mol. The van der Waals surface area contributed by atoms with Gasteiger partial charge >= 0.3 is 5.97 Å². The Morgan fingerprint density at radius 2 is 2.22 bits per heavy atom. The largest absolute Gasteiger partial charge is 0.467 e. The lowest BCUT2D eigenvalue weighted by molar-refractivity contribution is -0.149. The fourth-order valence-corrected chi connectivity index (χ4v) is 3.52. The maximum atomic E-state index is 14.3. The highest BCUT2D eigenvalue weighted by Gasteiger charge is 2.59. The maximum absolute atomic E-state index is 14.3. The van der Waals surface area contributed by atoms with E-state index in [1.165, 1.54) is 18.4 Å². The highest BCUT2D eigenvalue weighted by molar-refractivity contribution is 6.18. The minimum atomic E-state index is -1.19. The first-order valence-corrected chi connectivity index (χ1v) is 8.29. The summed E-state index contributed by atoms with van der Waals surface area (Å²) in [4.78, 5) is 21.3. The molecular formula is C19H15FN4O3. The Labute approximate surface area is 154 Å². The lowest BCUT2D eigenvalue weighted by Crippen LogP contribution is -2.42. The molecule has 0 bridgehead atoms. The minimum absolute atomic E-state index is 0.00692. The summed E-state index contributed by atoms with van der Waals surface area (Å²) in [7, 11) is 0. The summed E-state index contributed by atoms with van der Waals surface area (Å²) in [6.45, 7) is 1.67. The van der Waals surface area contributed by atoms with Gasteiger partial charge in [0, 0.05) is 6.42 Å². The third kappa shape index (κ3) is 2.59. The van der Waals surface area contributed by atoms with Crippen LogP contribution in [-0.4, -0.2) is 23.7 Å². The lowest BCUT2D eigenvalue weighted by Gasteiger charge is -2.29. The van der Waals surface area contributed by atoms with Crippen LogP contribution < -0.4 is 5.73 Å². The topological polar surface area (TPSA) is 114 Å². The molecule has 1 fully saturated rings. The number of benzene rings is 1. The van der Waals surface area contributed by atoms with Crippen molar-refractivity contribution in [3.63, 3.8) is 0 Å². The standard InChI is InChI=1S/C19H15FN4O3/c1-19-15(13-3-2-6-26-13)23-18(22)24-16(19)14(27-17(19)25)8-11-5-4-10(9-21)7-12(11)20/h2-7,14-15H,8H2,1H3,(H2,22,23). The van der Waals surface area contributed by atoms with E-state index in [0.717, 1.165) is 6.07 Å². The van der Waals surface area contributed by atoms with Crippen molar-refractivity contribution in [3.8, 4) is 6.07 Å². The number of carbonyl (C=O) groups excluding carboxylic acids is 1. The van der Waals surface area contributed by atoms with E-state index in [1.807, 2.05) is 6.07 Å². The number of fused-ring (bicyclic) bond motifs is 1. The van der Waals surface area contributed by atoms with E-state index in [1.54, 1.807) is 19.1 Å². The van der Waals surface area contributed by atoms with Crippen molar-refractivity contribution < 1.29 is 18.3 Å². The van der Waals surface area contributed by atoms with Gasteiger partial charge in [0.05, 0.1) is 23.6 Å². The quantitative estimate of drug-likeness (QED) is 0.837. The molecule has 0 amide bonds. The molecule has 1 aromatic heterocycles. The number of nitrogens with two attached hydrogens (primary N) is 1. The number of esters is 1. The van der Waals surface area contributed by atoms with Crippen molar-refractivity contribution >= 4 is 17.6 Å². The Bertz CT molecular complexity index is 1020. The van der Waals surface area contributed by atoms with E-state index >= 15 is 0 Å². The first-order chi connectivity index (χ1) is 12.9. The lowest BCUT2D eigenvalue weighted by atomic mass is 9.75. The number of carbonyl (C=O) groups is 1. The van der Waals surface area contributed by atoms with Gasteiger partial charge in [-0.3, -0.25) is 4.79 Å². The zero-order valence-corrected chi connectivity index (χ0v) is 14.3. The van der Waals surface area contributed by atoms with Crippen LogP contribution >= 0.6 is 0 Å². The molecule has 3 atom stereocenters. The van der Waals surface area contributed by atoms with Gasteiger partial charge in [-0.2, -0.15) is 5.26 Å². The Balaban J connectivity index is 1.71. The molecule has 0 spiro atoms. The van der Waals surface area contributed by atoms with Crippen LogP contribution in [0, 0.1) is 22.6 Å². The predicted octanol–water partition coefficient (Wildman–Crippen LogP) is 2.28. The van der Waals surface area contributed by atoms with Gasteiger partial charge in [-0.15, -0.1) is 0 Å². The number of cyclic esters (lactones) is 1. The molecule has 27 heavy (non-hydrogen) atoms. The zero-order chi connectivity index (χ0) is 19.2. The van der Waals surface area contributed by atoms with Gasteiger partial charge in [-0.25, -0.2) is 14.4 Å². The van der Waals surface area contributed by atoms with Crippen LogP contribution in [0.4, 0.5) is 4.39 Å². The second-order valence-corrected chi connectivity index (χ2v) is 6.62. The van der Waals surface area contributed by atoms with Crippen molar-refractivity contribution in [2.45, 2.75) is 25.5 Å². The van der Waals surface area contributed by atoms with Gasteiger partial charge in [0.2, 0.25) is 5.96 Å². The first-order valence-electron chi connectivity index (χ1n) is 8.29. The van der Waals surface area contributed by atoms with Crippen LogP contribution in [0.2, 0.25) is 0 Å². The van der Waals surface area contributed by atoms with E-state index in [-0.39, 0.29) is 17.9 Å². The van der Waals surface area contributed by atoms with Crippen molar-refractivity contribution in [1.29, 1.82) is 5.26 Å². The van der Waals surface area contributed by atoms with Crippen LogP contribution in [0.15, 0.2) is 51.0 Å². The Hall–Kier alpha value is -3.47. The fourth-order valence-electron chi connectivity index (χ4n) is 3.52. The van der Waals surface area contributed by atoms with Gasteiger partial charge in [-0.05, 0) is 36.8 Å². The summed E-state index contributed by atoms with van der Waals surface area (Å²) in [5.41, 5.74) is 5.60. The number of hydrogen-bond donors (Lipinski definition) is 1. The number of hydrogen-bond acceptors (Lipinski definition) is 7. The Morgan fingerprint density at radius 1 is 1.41 bits per heavy atom. The van der Waals surface area contributed by atoms with Crippen LogP contribution in [0.3, 0.4) is 0 Å². The molecule has 8 heteroatoms. The normalized spacial score (nSPS) is 26.6. The van der Waals surface area contributed by atoms with Crippen molar-refractivity contribution in [1.82, 2.24) is 0 Å². The summed E-state index contributed by atoms with van der Waals surface area (Å²) in [6, 6.07) is 8.74. The number of halogens is 1. The number of rotatable bonds is 3. The number of nitrogens with zero attached hydrogens (tertiary/aromatic N) is 3. The molecule has 2 aromatic rings. The second kappa shape index (κ2) is 6.06. The predicted molar refractivity (Wildman–Crippen MR) is 93.3 cm³/mol. The Kier molecular flexibility index (Phi) is 3.81. The molecule has 1 saturated heterocycles. The molecule has 2 aliphatic heterocycles. The summed E-state index contributed by atoms with van der Waals surface area (Å²) in [5, 5.41) is 8.87. The summed E-state index contributed by atoms with van der Waals surface area (Å²) < 4.78 is 25.2. The third-order valence-electron chi connectivity index (χ3n) is 4.95. The molecule has 7 nitrogen and oxygen atoms in total. The van der Waals surface area contributed by atoms with Gasteiger partial charge in [0.25, 0.3) is 0 Å². The number of guanidine groups is 1. The average Bonchev–Trinajstić information content (AvgIpc) is 3.25. The van der Waals surface area contributed by atoms with Gasteiger partial charge < -0.3 is 14.9 Å². The molecule has 136 valence electrons. The highest BCUT2D eigenvalue weighted by atomic mass is 19.1. The van der Waals surface area contributed by atoms with E-state index in [2.05, 4.69) is 9.98 Å². The average molecular weight is 366 g/mol. The highest BCUT2D eigenvalue weighted by Crippen LogP contribution is 2.47. The minimum Gasteiger partial charge on any atom is -0.467 e. The van der Waals surface area contributed by atoms with E-state index in [9.17, 15) is 9.18 Å². The van der Waals surface area contributed by atoms with Crippen molar-refractivity contribution in [3.05, 3.63) is 59.3 Å². The molecule has 0 saturated carbocycles. The van der Waals surface area contributed by atoms with Gasteiger partial charge in [0.15, 0.2) is 0 Å². The van der Waals surface area contributed by atoms with E-state index in [4.69, 9.17) is 20.1 Å². The Morgan fingerprint density at radius 3 is 2.89 bits per heavy atom. The number of furan rings is 1. The van der Waals surface area contributed by atoms with E-state index in [0.29, 0.717) is 17.0 Å². The maximum Gasteiger partial charge on any atom is 0.321 e. The van der Waals surface area contributed by atoms with E-state index < -0.39 is 29.3 Å². The molecule has 4 rings (SSSR count). The zero-order valence-electron chi connectivity index (χ0n) is 14.3. The first kappa shape index (κ1) is 17.0. The van der Waals surface area contributed by atoms with Crippen LogP contribution in [0.5, 0.6) is 0 Å². The van der Waals surface area contributed by atoms with Gasteiger partial charge in [0.1, 0.15) is 29.1 Å². The second-order valence-electron chi connectivity index (χ2n) is 6.62.